The van der Waals surface area contributed by atoms with Crippen LogP contribution in [0.4, 0.5) is 0 Å². The summed E-state index contributed by atoms with van der Waals surface area (Å²) in [5.74, 6) is 0.353. The molecule has 154 valence electrons. The Morgan fingerprint density at radius 1 is 1.07 bits per heavy atom. The first-order valence-corrected chi connectivity index (χ1v) is 10.6. The van der Waals surface area contributed by atoms with Gasteiger partial charge in [0.2, 0.25) is 11.8 Å². The van der Waals surface area contributed by atoms with Gasteiger partial charge in [0, 0.05) is 50.6 Å². The van der Waals surface area contributed by atoms with Crippen molar-refractivity contribution in [2.24, 2.45) is 0 Å². The molecule has 1 aromatic rings. The fourth-order valence-corrected chi connectivity index (χ4v) is 4.58. The predicted octanol–water partition coefficient (Wildman–Crippen LogP) is 2.08. The molecule has 7 heteroatoms. The highest BCUT2D eigenvalue weighted by Crippen LogP contribution is 2.23. The van der Waals surface area contributed by atoms with Crippen molar-refractivity contribution in [1.82, 2.24) is 24.7 Å². The van der Waals surface area contributed by atoms with Gasteiger partial charge in [0.1, 0.15) is 6.33 Å². The minimum atomic E-state index is 0.0423. The number of nitrogens with zero attached hydrogens (tertiary/aromatic N) is 5. The fourth-order valence-electron chi connectivity index (χ4n) is 4.58. The molecular weight excluding hydrogens is 354 g/mol. The van der Waals surface area contributed by atoms with Crippen LogP contribution in [0.25, 0.3) is 0 Å². The van der Waals surface area contributed by atoms with Gasteiger partial charge in [-0.25, -0.2) is 9.97 Å². The molecule has 2 fully saturated rings. The van der Waals surface area contributed by atoms with E-state index in [4.69, 9.17) is 0 Å². The normalized spacial score (nSPS) is 23.9. The quantitative estimate of drug-likeness (QED) is 0.774. The van der Waals surface area contributed by atoms with E-state index < -0.39 is 0 Å². The van der Waals surface area contributed by atoms with Crippen molar-refractivity contribution in [2.45, 2.75) is 71.0 Å². The minimum Gasteiger partial charge on any atom is -0.341 e. The highest BCUT2D eigenvalue weighted by molar-refractivity contribution is 5.82. The Morgan fingerprint density at radius 2 is 1.86 bits per heavy atom. The molecule has 3 rings (SSSR count). The van der Waals surface area contributed by atoms with Crippen LogP contribution >= 0.6 is 0 Å². The largest absolute Gasteiger partial charge is 0.341 e. The van der Waals surface area contributed by atoms with Gasteiger partial charge in [-0.1, -0.05) is 13.3 Å². The van der Waals surface area contributed by atoms with E-state index in [2.05, 4.69) is 21.8 Å². The zero-order valence-corrected chi connectivity index (χ0v) is 17.2. The van der Waals surface area contributed by atoms with E-state index in [-0.39, 0.29) is 23.9 Å². The SMILES string of the molecule is CCN1CCCC[C@@H]1C(=O)N1CCC[C@H](N(Cc2cncnc2)C(C)=O)CC1. The third kappa shape index (κ3) is 5.07. The summed E-state index contributed by atoms with van der Waals surface area (Å²) in [6.07, 6.45) is 11.0. The van der Waals surface area contributed by atoms with Crippen molar-refractivity contribution in [2.75, 3.05) is 26.2 Å². The standard InChI is InChI=1S/C21H33N5O2/c1-3-24-10-5-4-8-20(24)21(28)25-11-6-7-19(9-12-25)26(17(2)27)15-18-13-22-16-23-14-18/h13-14,16,19-20H,3-12,15H2,1-2H3/t19-,20+/m0/s1. The molecule has 7 nitrogen and oxygen atoms in total. The second kappa shape index (κ2) is 9.96. The second-order valence-corrected chi connectivity index (χ2v) is 7.94. The Kier molecular flexibility index (Phi) is 7.36. The molecule has 0 spiro atoms. The summed E-state index contributed by atoms with van der Waals surface area (Å²) in [5, 5.41) is 0. The molecule has 2 saturated heterocycles. The summed E-state index contributed by atoms with van der Waals surface area (Å²) >= 11 is 0. The molecule has 1 aromatic heterocycles. The van der Waals surface area contributed by atoms with Crippen LogP contribution in [0.1, 0.15) is 57.9 Å². The second-order valence-electron chi connectivity index (χ2n) is 7.94. The molecule has 0 bridgehead atoms. The maximum Gasteiger partial charge on any atom is 0.239 e. The number of piperidine rings is 1. The maximum atomic E-state index is 13.2. The van der Waals surface area contributed by atoms with Crippen molar-refractivity contribution in [3.8, 4) is 0 Å². The van der Waals surface area contributed by atoms with Crippen LogP contribution in [0.15, 0.2) is 18.7 Å². The van der Waals surface area contributed by atoms with Crippen LogP contribution in [0, 0.1) is 0 Å². The third-order valence-corrected chi connectivity index (χ3v) is 6.13. The van der Waals surface area contributed by atoms with Crippen LogP contribution in [0.5, 0.6) is 0 Å². The van der Waals surface area contributed by atoms with Crippen molar-refractivity contribution >= 4 is 11.8 Å². The van der Waals surface area contributed by atoms with Gasteiger partial charge < -0.3 is 9.80 Å². The van der Waals surface area contributed by atoms with Crippen LogP contribution in [0.2, 0.25) is 0 Å². The van der Waals surface area contributed by atoms with Gasteiger partial charge in [0.05, 0.1) is 6.04 Å². The number of hydrogen-bond donors (Lipinski definition) is 0. The summed E-state index contributed by atoms with van der Waals surface area (Å²) in [6, 6.07) is 0.199. The predicted molar refractivity (Wildman–Crippen MR) is 107 cm³/mol. The Hall–Kier alpha value is -2.02. The Morgan fingerprint density at radius 3 is 2.57 bits per heavy atom. The number of hydrogen-bond acceptors (Lipinski definition) is 5. The van der Waals surface area contributed by atoms with Crippen LogP contribution in [0.3, 0.4) is 0 Å². The molecule has 3 heterocycles. The van der Waals surface area contributed by atoms with E-state index in [1.807, 2.05) is 9.80 Å². The average molecular weight is 388 g/mol. The Labute approximate surface area is 168 Å². The molecule has 2 aliphatic rings. The van der Waals surface area contributed by atoms with Crippen molar-refractivity contribution < 1.29 is 9.59 Å². The molecule has 0 saturated carbocycles. The Balaban J connectivity index is 1.62. The number of rotatable bonds is 5. The van der Waals surface area contributed by atoms with Gasteiger partial charge in [-0.05, 0) is 45.2 Å². The van der Waals surface area contributed by atoms with E-state index >= 15 is 0 Å². The molecule has 0 radical (unpaired) electrons. The first kappa shape index (κ1) is 20.7. The van der Waals surface area contributed by atoms with E-state index in [1.54, 1.807) is 19.3 Å². The molecule has 0 aliphatic carbocycles. The highest BCUT2D eigenvalue weighted by Gasteiger charge is 2.33. The molecular formula is C21H33N5O2. The van der Waals surface area contributed by atoms with Crippen LogP contribution in [-0.2, 0) is 16.1 Å². The number of likely N-dealkylation sites (tertiary alicyclic amines) is 2. The van der Waals surface area contributed by atoms with Crippen molar-refractivity contribution in [3.63, 3.8) is 0 Å². The number of likely N-dealkylation sites (N-methyl/N-ethyl adjacent to an activating group) is 1. The van der Waals surface area contributed by atoms with Gasteiger partial charge in [-0.3, -0.25) is 14.5 Å². The molecule has 28 heavy (non-hydrogen) atoms. The first-order valence-electron chi connectivity index (χ1n) is 10.6. The Bertz CT molecular complexity index is 653. The van der Waals surface area contributed by atoms with Gasteiger partial charge in [-0.15, -0.1) is 0 Å². The van der Waals surface area contributed by atoms with Crippen molar-refractivity contribution in [3.05, 3.63) is 24.3 Å². The maximum absolute atomic E-state index is 13.2. The number of amides is 2. The zero-order valence-electron chi connectivity index (χ0n) is 17.2. The molecule has 0 N–H and O–H groups in total. The lowest BCUT2D eigenvalue weighted by Gasteiger charge is -2.37. The molecule has 0 unspecified atom stereocenters. The summed E-state index contributed by atoms with van der Waals surface area (Å²) in [4.78, 5) is 39.9. The van der Waals surface area contributed by atoms with Crippen LogP contribution in [-0.4, -0.2) is 74.7 Å². The van der Waals surface area contributed by atoms with E-state index in [0.29, 0.717) is 6.54 Å². The smallest absolute Gasteiger partial charge is 0.239 e. The molecule has 0 aromatic carbocycles. The van der Waals surface area contributed by atoms with Crippen LogP contribution < -0.4 is 0 Å². The fraction of sp³-hybridized carbons (Fsp3) is 0.714. The summed E-state index contributed by atoms with van der Waals surface area (Å²) in [5.41, 5.74) is 0.940. The van der Waals surface area contributed by atoms with E-state index in [1.165, 1.54) is 12.7 Å². The highest BCUT2D eigenvalue weighted by atomic mass is 16.2. The third-order valence-electron chi connectivity index (χ3n) is 6.13. The van der Waals surface area contributed by atoms with Crippen molar-refractivity contribution in [1.29, 1.82) is 0 Å². The van der Waals surface area contributed by atoms with Gasteiger partial charge in [0.15, 0.2) is 0 Å². The monoisotopic (exact) mass is 387 g/mol. The summed E-state index contributed by atoms with van der Waals surface area (Å²) < 4.78 is 0. The van der Waals surface area contributed by atoms with Gasteiger partial charge in [-0.2, -0.15) is 0 Å². The summed E-state index contributed by atoms with van der Waals surface area (Å²) in [6.45, 7) is 7.78. The topological polar surface area (TPSA) is 69.6 Å². The number of aromatic nitrogens is 2. The lowest BCUT2D eigenvalue weighted by molar-refractivity contribution is -0.138. The average Bonchev–Trinajstić information content (AvgIpc) is 2.98. The summed E-state index contributed by atoms with van der Waals surface area (Å²) in [7, 11) is 0. The minimum absolute atomic E-state index is 0.0423. The zero-order chi connectivity index (χ0) is 19.9. The lowest BCUT2D eigenvalue weighted by atomic mass is 10.0. The first-order chi connectivity index (χ1) is 13.6. The molecule has 2 aliphatic heterocycles. The molecule has 2 amide bonds. The number of carbonyl (C=O) groups excluding carboxylic acids is 2. The van der Waals surface area contributed by atoms with Gasteiger partial charge >= 0.3 is 0 Å². The lowest BCUT2D eigenvalue weighted by Crippen LogP contribution is -2.51. The number of carbonyl (C=O) groups is 2. The van der Waals surface area contributed by atoms with Gasteiger partial charge in [0.25, 0.3) is 0 Å². The molecule has 2 atom stereocenters. The van der Waals surface area contributed by atoms with E-state index in [9.17, 15) is 9.59 Å². The van der Waals surface area contributed by atoms with E-state index in [0.717, 1.165) is 63.8 Å².